The van der Waals surface area contributed by atoms with Gasteiger partial charge in [0.05, 0.1) is 5.69 Å². The number of nitroso groups, excluding NO2 is 1. The van der Waals surface area contributed by atoms with E-state index in [9.17, 15) is 14.5 Å². The number of rotatable bonds is 4. The number of carboxylic acid groups (broad SMARTS) is 1. The molecular formula is C7H7N3O4S. The molecule has 0 spiro atoms. The van der Waals surface area contributed by atoms with Crippen LogP contribution in [0.1, 0.15) is 18.7 Å². The Balaban J connectivity index is 2.87. The Morgan fingerprint density at radius 1 is 1.67 bits per heavy atom. The molecule has 0 aromatic carbocycles. The van der Waals surface area contributed by atoms with Gasteiger partial charge in [0, 0.05) is 12.3 Å². The predicted octanol–water partition coefficient (Wildman–Crippen LogP) is 0.994. The van der Waals surface area contributed by atoms with Gasteiger partial charge in [0.15, 0.2) is 5.13 Å². The number of amides is 1. The summed E-state index contributed by atoms with van der Waals surface area (Å²) in [4.78, 5) is 35.2. The lowest BCUT2D eigenvalue weighted by atomic mass is 10.2. The van der Waals surface area contributed by atoms with E-state index in [0.29, 0.717) is 0 Å². The summed E-state index contributed by atoms with van der Waals surface area (Å²) in [6.45, 7) is 1.30. The van der Waals surface area contributed by atoms with Crippen molar-refractivity contribution in [2.75, 3.05) is 5.32 Å². The molecule has 8 heteroatoms. The van der Waals surface area contributed by atoms with E-state index in [1.165, 1.54) is 12.3 Å². The van der Waals surface area contributed by atoms with E-state index >= 15 is 0 Å². The molecule has 80 valence electrons. The zero-order valence-corrected chi connectivity index (χ0v) is 8.45. The molecule has 1 unspecified atom stereocenters. The van der Waals surface area contributed by atoms with Gasteiger partial charge >= 0.3 is 5.97 Å². The number of hydrogen-bond donors (Lipinski definition) is 2. The predicted molar refractivity (Wildman–Crippen MR) is 52.6 cm³/mol. The Bertz CT molecular complexity index is 403. The number of carboxylic acids is 1. The van der Waals surface area contributed by atoms with Crippen LogP contribution in [0.15, 0.2) is 10.6 Å². The minimum Gasteiger partial charge on any atom is -0.479 e. The quantitative estimate of drug-likeness (QED) is 0.748. The average Bonchev–Trinajstić information content (AvgIpc) is 2.52. The molecule has 1 aromatic heterocycles. The van der Waals surface area contributed by atoms with Crippen molar-refractivity contribution in [2.45, 2.75) is 13.0 Å². The standard InChI is InChI=1S/C7H7N3O4S/c1-3(11)8-7-9-4(2-15-7)5(10-14)6(12)13/h2,5H,1H3,(H,12,13)(H,8,9,11). The summed E-state index contributed by atoms with van der Waals surface area (Å²) in [5.41, 5.74) is 0.0197. The van der Waals surface area contributed by atoms with Crippen LogP contribution in [0.4, 0.5) is 5.13 Å². The minimum atomic E-state index is -1.52. The van der Waals surface area contributed by atoms with E-state index in [1.54, 1.807) is 0 Å². The van der Waals surface area contributed by atoms with Gasteiger partial charge in [-0.1, -0.05) is 0 Å². The average molecular weight is 229 g/mol. The summed E-state index contributed by atoms with van der Waals surface area (Å²) in [5.74, 6) is -1.69. The third-order valence-electron chi connectivity index (χ3n) is 1.42. The second-order valence-corrected chi connectivity index (χ2v) is 3.46. The Morgan fingerprint density at radius 2 is 2.33 bits per heavy atom. The minimum absolute atomic E-state index is 0.0197. The Labute approximate surface area is 88.1 Å². The second kappa shape index (κ2) is 4.60. The molecule has 0 saturated carbocycles. The first-order valence-corrected chi connectivity index (χ1v) is 4.71. The van der Waals surface area contributed by atoms with Crippen LogP contribution in [0.3, 0.4) is 0 Å². The van der Waals surface area contributed by atoms with E-state index in [1.807, 2.05) is 0 Å². The zero-order chi connectivity index (χ0) is 11.4. The third-order valence-corrected chi connectivity index (χ3v) is 2.20. The first kappa shape index (κ1) is 11.2. The SMILES string of the molecule is CC(=O)Nc1nc(C(N=O)C(=O)O)cs1. The van der Waals surface area contributed by atoms with Gasteiger partial charge in [-0.15, -0.1) is 16.2 Å². The summed E-state index contributed by atoms with van der Waals surface area (Å²) in [6, 6.07) is -1.52. The molecule has 1 rings (SSSR count). The highest BCUT2D eigenvalue weighted by Gasteiger charge is 2.23. The fourth-order valence-electron chi connectivity index (χ4n) is 0.845. The molecule has 0 radical (unpaired) electrons. The van der Waals surface area contributed by atoms with Gasteiger partial charge in [-0.25, -0.2) is 9.78 Å². The number of aromatic nitrogens is 1. The molecule has 1 aromatic rings. The zero-order valence-electron chi connectivity index (χ0n) is 7.63. The van der Waals surface area contributed by atoms with E-state index in [-0.39, 0.29) is 16.7 Å². The van der Waals surface area contributed by atoms with Crippen molar-refractivity contribution < 1.29 is 14.7 Å². The fourth-order valence-corrected chi connectivity index (χ4v) is 1.62. The van der Waals surface area contributed by atoms with E-state index in [4.69, 9.17) is 5.11 Å². The maximum atomic E-state index is 10.6. The van der Waals surface area contributed by atoms with E-state index in [2.05, 4.69) is 15.5 Å². The monoisotopic (exact) mass is 229 g/mol. The molecule has 1 atom stereocenters. The van der Waals surface area contributed by atoms with Gasteiger partial charge in [-0.05, 0) is 5.18 Å². The number of carbonyl (C=O) groups is 2. The summed E-state index contributed by atoms with van der Waals surface area (Å²) in [7, 11) is 0. The molecule has 0 aliphatic heterocycles. The number of thiazole rings is 1. The highest BCUT2D eigenvalue weighted by Crippen LogP contribution is 2.23. The fraction of sp³-hybridized carbons (Fsp3) is 0.286. The molecular weight excluding hydrogens is 222 g/mol. The van der Waals surface area contributed by atoms with E-state index in [0.717, 1.165) is 11.3 Å². The number of aliphatic carboxylic acids is 1. The summed E-state index contributed by atoms with van der Waals surface area (Å²) in [6.07, 6.45) is 0. The highest BCUT2D eigenvalue weighted by molar-refractivity contribution is 7.13. The van der Waals surface area contributed by atoms with Crippen molar-refractivity contribution in [1.29, 1.82) is 0 Å². The largest absolute Gasteiger partial charge is 0.479 e. The van der Waals surface area contributed by atoms with Crippen molar-refractivity contribution >= 4 is 28.3 Å². The van der Waals surface area contributed by atoms with Crippen molar-refractivity contribution in [3.8, 4) is 0 Å². The first-order valence-electron chi connectivity index (χ1n) is 3.83. The van der Waals surface area contributed by atoms with Gasteiger partial charge in [0.2, 0.25) is 11.9 Å². The number of anilines is 1. The first-order chi connectivity index (χ1) is 7.04. The molecule has 1 heterocycles. The van der Waals surface area contributed by atoms with Crippen LogP contribution >= 0.6 is 11.3 Å². The molecule has 0 bridgehead atoms. The highest BCUT2D eigenvalue weighted by atomic mass is 32.1. The van der Waals surface area contributed by atoms with Crippen LogP contribution in [-0.2, 0) is 9.59 Å². The Morgan fingerprint density at radius 3 is 2.80 bits per heavy atom. The normalized spacial score (nSPS) is 11.8. The lowest BCUT2D eigenvalue weighted by Crippen LogP contribution is -2.10. The summed E-state index contributed by atoms with van der Waals surface area (Å²) >= 11 is 1.03. The van der Waals surface area contributed by atoms with E-state index < -0.39 is 12.0 Å². The van der Waals surface area contributed by atoms with Gasteiger partial charge in [0.25, 0.3) is 0 Å². The lowest BCUT2D eigenvalue weighted by Gasteiger charge is -1.98. The Hall–Kier alpha value is -1.83. The Kier molecular flexibility index (Phi) is 3.45. The van der Waals surface area contributed by atoms with Gasteiger partial charge < -0.3 is 10.4 Å². The molecule has 1 amide bonds. The lowest BCUT2D eigenvalue weighted by molar-refractivity contribution is -0.138. The van der Waals surface area contributed by atoms with Crippen molar-refractivity contribution in [3.05, 3.63) is 16.0 Å². The van der Waals surface area contributed by atoms with Gasteiger partial charge in [-0.2, -0.15) is 0 Å². The van der Waals surface area contributed by atoms with Crippen molar-refractivity contribution in [2.24, 2.45) is 5.18 Å². The van der Waals surface area contributed by atoms with Gasteiger partial charge in [-0.3, -0.25) is 4.79 Å². The number of nitrogens with zero attached hydrogens (tertiary/aromatic N) is 2. The number of nitrogens with one attached hydrogen (secondary N) is 1. The second-order valence-electron chi connectivity index (χ2n) is 2.60. The number of hydrogen-bond acceptors (Lipinski definition) is 6. The molecule has 2 N–H and O–H groups in total. The summed E-state index contributed by atoms with van der Waals surface area (Å²) < 4.78 is 0. The smallest absolute Gasteiger partial charge is 0.338 e. The molecule has 0 aliphatic carbocycles. The van der Waals surface area contributed by atoms with Crippen molar-refractivity contribution in [1.82, 2.24) is 4.98 Å². The van der Waals surface area contributed by atoms with Crippen LogP contribution in [0.5, 0.6) is 0 Å². The molecule has 0 fully saturated rings. The molecule has 7 nitrogen and oxygen atoms in total. The summed E-state index contributed by atoms with van der Waals surface area (Å²) in [5, 5.41) is 15.0. The van der Waals surface area contributed by atoms with Crippen LogP contribution in [0, 0.1) is 4.91 Å². The van der Waals surface area contributed by atoms with Gasteiger partial charge in [0.1, 0.15) is 0 Å². The van der Waals surface area contributed by atoms with Crippen LogP contribution < -0.4 is 5.32 Å². The molecule has 15 heavy (non-hydrogen) atoms. The van der Waals surface area contributed by atoms with Crippen molar-refractivity contribution in [3.63, 3.8) is 0 Å². The van der Waals surface area contributed by atoms with Crippen LogP contribution in [0.25, 0.3) is 0 Å². The number of carbonyl (C=O) groups excluding carboxylic acids is 1. The molecule has 0 aliphatic rings. The van der Waals surface area contributed by atoms with Crippen LogP contribution in [-0.4, -0.2) is 22.0 Å². The van der Waals surface area contributed by atoms with Crippen LogP contribution in [0.2, 0.25) is 0 Å². The topological polar surface area (TPSA) is 109 Å². The third kappa shape index (κ3) is 2.81. The maximum absolute atomic E-state index is 10.6. The maximum Gasteiger partial charge on any atom is 0.338 e. The molecule has 0 saturated heterocycles.